The second-order valence-corrected chi connectivity index (χ2v) is 10.9. The van der Waals surface area contributed by atoms with Crippen molar-refractivity contribution in [2.45, 2.75) is 37.5 Å². The third kappa shape index (κ3) is 5.73. The molecule has 12 heteroatoms. The van der Waals surface area contributed by atoms with Crippen molar-refractivity contribution in [2.24, 2.45) is 0 Å². The first-order valence-corrected chi connectivity index (χ1v) is 13.4. The Kier molecular flexibility index (Phi) is 7.80. The zero-order chi connectivity index (χ0) is 27.9. The summed E-state index contributed by atoms with van der Waals surface area (Å²) in [7, 11) is 2.01. The van der Waals surface area contributed by atoms with Gasteiger partial charge in [-0.05, 0) is 37.1 Å². The van der Waals surface area contributed by atoms with E-state index in [1.54, 1.807) is 4.90 Å². The second kappa shape index (κ2) is 11.0. The maximum Gasteiger partial charge on any atom is 0.419 e. The third-order valence-electron chi connectivity index (χ3n) is 8.21. The molecular weight excluding hydrogens is 516 g/mol. The molecular formula is C27H34F4N6O2. The summed E-state index contributed by atoms with van der Waals surface area (Å²) in [4.78, 5) is 30.7. The number of aliphatic hydroxyl groups excluding tert-OH is 1. The predicted molar refractivity (Wildman–Crippen MR) is 137 cm³/mol. The molecule has 3 heterocycles. The number of anilines is 1. The summed E-state index contributed by atoms with van der Waals surface area (Å²) in [6.45, 7) is 7.25. The van der Waals surface area contributed by atoms with Crippen molar-refractivity contribution in [3.8, 4) is 0 Å². The lowest BCUT2D eigenvalue weighted by Gasteiger charge is -2.39. The predicted octanol–water partition coefficient (Wildman–Crippen LogP) is 2.85. The molecule has 5 rings (SSSR count). The fourth-order valence-corrected chi connectivity index (χ4v) is 5.91. The van der Waals surface area contributed by atoms with Gasteiger partial charge in [-0.2, -0.15) is 13.2 Å². The summed E-state index contributed by atoms with van der Waals surface area (Å²) >= 11 is 0. The van der Waals surface area contributed by atoms with Crippen LogP contribution in [0.2, 0.25) is 0 Å². The first kappa shape index (κ1) is 27.7. The lowest BCUT2D eigenvalue weighted by molar-refractivity contribution is -0.140. The van der Waals surface area contributed by atoms with Gasteiger partial charge in [-0.25, -0.2) is 14.4 Å². The number of carbonyl (C=O) groups excluding carboxylic acids is 1. The number of piperazine rings is 2. The molecule has 2 fully saturated rings. The standard InChI is InChI=1S/C27H34F4N6O2/c1-17-13-22(38)24-23(17)25(33-16-32-24)36-9-11-37(12-10-36)26(39)19(15-35-7-5-34(2)6-8-35)18-3-4-20(21(28)14-18)27(29,30)31/h3-4,14,16-17,19,22,38H,5-13,15H2,1-2H3/t17-,19+,22-/m1/s1. The van der Waals surface area contributed by atoms with Gasteiger partial charge < -0.3 is 19.8 Å². The Morgan fingerprint density at radius 3 is 2.41 bits per heavy atom. The number of aromatic nitrogens is 2. The highest BCUT2D eigenvalue weighted by Crippen LogP contribution is 2.43. The normalized spacial score (nSPS) is 23.7. The van der Waals surface area contributed by atoms with Crippen LogP contribution in [0.15, 0.2) is 24.5 Å². The minimum Gasteiger partial charge on any atom is -0.387 e. The highest BCUT2D eigenvalue weighted by molar-refractivity contribution is 5.84. The number of nitrogens with zero attached hydrogens (tertiary/aromatic N) is 6. The average molecular weight is 551 g/mol. The van der Waals surface area contributed by atoms with Gasteiger partial charge in [0, 0.05) is 64.5 Å². The van der Waals surface area contributed by atoms with Crippen LogP contribution in [0.4, 0.5) is 23.4 Å². The molecule has 212 valence electrons. The molecule has 0 spiro atoms. The van der Waals surface area contributed by atoms with Crippen LogP contribution in [0, 0.1) is 5.82 Å². The Morgan fingerprint density at radius 1 is 1.08 bits per heavy atom. The van der Waals surface area contributed by atoms with E-state index in [9.17, 15) is 27.5 Å². The number of halogens is 4. The average Bonchev–Trinajstić information content (AvgIpc) is 3.20. The van der Waals surface area contributed by atoms with Crippen LogP contribution in [0.25, 0.3) is 0 Å². The van der Waals surface area contributed by atoms with Crippen LogP contribution < -0.4 is 4.90 Å². The number of fused-ring (bicyclic) bond motifs is 1. The van der Waals surface area contributed by atoms with Gasteiger partial charge in [-0.15, -0.1) is 0 Å². The minimum absolute atomic E-state index is 0.119. The minimum atomic E-state index is -4.80. The largest absolute Gasteiger partial charge is 0.419 e. The van der Waals surface area contributed by atoms with Crippen molar-refractivity contribution in [3.05, 3.63) is 52.7 Å². The van der Waals surface area contributed by atoms with Crippen molar-refractivity contribution in [2.75, 3.05) is 70.9 Å². The van der Waals surface area contributed by atoms with Gasteiger partial charge in [0.25, 0.3) is 0 Å². The van der Waals surface area contributed by atoms with Crippen molar-refractivity contribution in [3.63, 3.8) is 0 Å². The third-order valence-corrected chi connectivity index (χ3v) is 8.21. The number of carbonyl (C=O) groups is 1. The molecule has 1 aromatic carbocycles. The van der Waals surface area contributed by atoms with E-state index in [1.165, 1.54) is 12.4 Å². The molecule has 3 atom stereocenters. The second-order valence-electron chi connectivity index (χ2n) is 10.9. The number of rotatable bonds is 5. The van der Waals surface area contributed by atoms with E-state index in [1.807, 2.05) is 14.0 Å². The molecule has 0 bridgehead atoms. The molecule has 0 radical (unpaired) electrons. The number of hydrogen-bond acceptors (Lipinski definition) is 7. The van der Waals surface area contributed by atoms with Crippen molar-refractivity contribution in [1.82, 2.24) is 24.7 Å². The van der Waals surface area contributed by atoms with Crippen molar-refractivity contribution in [1.29, 1.82) is 0 Å². The van der Waals surface area contributed by atoms with E-state index in [0.717, 1.165) is 49.7 Å². The molecule has 8 nitrogen and oxygen atoms in total. The zero-order valence-electron chi connectivity index (χ0n) is 22.2. The molecule has 3 aliphatic rings. The first-order chi connectivity index (χ1) is 18.5. The summed E-state index contributed by atoms with van der Waals surface area (Å²) < 4.78 is 54.1. The van der Waals surface area contributed by atoms with Crippen molar-refractivity contribution >= 4 is 11.7 Å². The number of aliphatic hydroxyl groups is 1. The number of likely N-dealkylation sites (N-methyl/N-ethyl adjacent to an activating group) is 1. The molecule has 1 amide bonds. The smallest absolute Gasteiger partial charge is 0.387 e. The number of amides is 1. The van der Waals surface area contributed by atoms with Crippen LogP contribution in [0.1, 0.15) is 53.7 Å². The summed E-state index contributed by atoms with van der Waals surface area (Å²) in [6.07, 6.45) is -3.36. The molecule has 1 N–H and O–H groups in total. The zero-order valence-corrected chi connectivity index (χ0v) is 22.2. The summed E-state index contributed by atoms with van der Waals surface area (Å²) in [6, 6.07) is 2.84. The Hall–Kier alpha value is -2.83. The topological polar surface area (TPSA) is 76.0 Å². The van der Waals surface area contributed by atoms with Crippen LogP contribution in [0.3, 0.4) is 0 Å². The van der Waals surface area contributed by atoms with E-state index in [-0.39, 0.29) is 17.4 Å². The summed E-state index contributed by atoms with van der Waals surface area (Å²) in [5.41, 5.74) is 0.520. The monoisotopic (exact) mass is 550 g/mol. The Labute approximate surface area is 225 Å². The molecule has 0 saturated carbocycles. The van der Waals surface area contributed by atoms with E-state index in [0.29, 0.717) is 44.8 Å². The molecule has 0 unspecified atom stereocenters. The van der Waals surface area contributed by atoms with E-state index < -0.39 is 29.6 Å². The highest BCUT2D eigenvalue weighted by Gasteiger charge is 2.37. The van der Waals surface area contributed by atoms with Crippen LogP contribution in [0.5, 0.6) is 0 Å². The molecule has 1 aliphatic carbocycles. The van der Waals surface area contributed by atoms with E-state index >= 15 is 0 Å². The van der Waals surface area contributed by atoms with Gasteiger partial charge in [0.15, 0.2) is 0 Å². The van der Waals surface area contributed by atoms with Gasteiger partial charge in [-0.1, -0.05) is 13.0 Å². The van der Waals surface area contributed by atoms with Gasteiger partial charge >= 0.3 is 6.18 Å². The lowest BCUT2D eigenvalue weighted by Crippen LogP contribution is -2.52. The summed E-state index contributed by atoms with van der Waals surface area (Å²) in [5.74, 6) is -1.47. The van der Waals surface area contributed by atoms with Crippen LogP contribution >= 0.6 is 0 Å². The number of benzene rings is 1. The van der Waals surface area contributed by atoms with Crippen LogP contribution in [-0.2, 0) is 11.0 Å². The first-order valence-electron chi connectivity index (χ1n) is 13.4. The van der Waals surface area contributed by atoms with E-state index in [2.05, 4.69) is 24.7 Å². The molecule has 2 aromatic rings. The molecule has 2 aliphatic heterocycles. The SMILES string of the molecule is C[C@@H]1C[C@@H](O)c2ncnc(N3CCN(C(=O)[C@@H](CN4CCN(C)CC4)c4ccc(C(F)(F)F)c(F)c4)CC3)c21. The van der Waals surface area contributed by atoms with Gasteiger partial charge in [-0.3, -0.25) is 9.69 Å². The van der Waals surface area contributed by atoms with Crippen LogP contribution in [-0.4, -0.2) is 102 Å². The Balaban J connectivity index is 1.34. The lowest BCUT2D eigenvalue weighted by atomic mass is 9.94. The maximum absolute atomic E-state index is 14.5. The maximum atomic E-state index is 14.5. The van der Waals surface area contributed by atoms with E-state index in [4.69, 9.17) is 0 Å². The summed E-state index contributed by atoms with van der Waals surface area (Å²) in [5, 5.41) is 10.3. The Bertz CT molecular complexity index is 1200. The number of hydrogen-bond donors (Lipinski definition) is 1. The quantitative estimate of drug-likeness (QED) is 0.574. The van der Waals surface area contributed by atoms with Gasteiger partial charge in [0.1, 0.15) is 18.0 Å². The van der Waals surface area contributed by atoms with Gasteiger partial charge in [0.2, 0.25) is 5.91 Å². The van der Waals surface area contributed by atoms with Gasteiger partial charge in [0.05, 0.1) is 23.3 Å². The molecule has 2 saturated heterocycles. The molecule has 1 aromatic heterocycles. The highest BCUT2D eigenvalue weighted by atomic mass is 19.4. The number of alkyl halides is 3. The van der Waals surface area contributed by atoms with Crippen molar-refractivity contribution < 1.29 is 27.5 Å². The molecule has 39 heavy (non-hydrogen) atoms. The fourth-order valence-electron chi connectivity index (χ4n) is 5.91. The fraction of sp³-hybridized carbons (Fsp3) is 0.593. The Morgan fingerprint density at radius 2 is 1.77 bits per heavy atom.